The Kier molecular flexibility index (Phi) is 8.25. The van der Waals surface area contributed by atoms with Crippen molar-refractivity contribution in [2.75, 3.05) is 51.3 Å². The number of benzene rings is 3. The van der Waals surface area contributed by atoms with Crippen molar-refractivity contribution in [1.82, 2.24) is 0 Å². The fraction of sp³-hybridized carbons (Fsp3) is 0.259. The van der Waals surface area contributed by atoms with Crippen LogP contribution in [0.2, 0.25) is 5.02 Å². The Morgan fingerprint density at radius 1 is 1.00 bits per heavy atom. The molecule has 3 aromatic rings. The first-order valence-corrected chi connectivity index (χ1v) is 11.9. The van der Waals surface area contributed by atoms with Gasteiger partial charge in [0, 0.05) is 22.8 Å². The van der Waals surface area contributed by atoms with Crippen molar-refractivity contribution >= 4 is 34.8 Å². The molecule has 1 aliphatic rings. The molecule has 4 rings (SSSR count). The van der Waals surface area contributed by atoms with Crippen molar-refractivity contribution in [3.63, 3.8) is 0 Å². The lowest BCUT2D eigenvalue weighted by atomic mass is 10.1. The Morgan fingerprint density at radius 2 is 1.70 bits per heavy atom. The highest BCUT2D eigenvalue weighted by atomic mass is 35.5. The van der Waals surface area contributed by atoms with E-state index in [0.29, 0.717) is 70.3 Å². The van der Waals surface area contributed by atoms with Crippen molar-refractivity contribution < 1.29 is 33.3 Å². The average molecular weight is 527 g/mol. The fourth-order valence-corrected chi connectivity index (χ4v) is 4.01. The summed E-state index contributed by atoms with van der Waals surface area (Å²) >= 11 is 5.90. The van der Waals surface area contributed by atoms with Gasteiger partial charge in [0.25, 0.3) is 11.8 Å². The maximum Gasteiger partial charge on any atom is 0.265 e. The monoisotopic (exact) mass is 526 g/mol. The molecule has 10 heteroatoms. The first-order chi connectivity index (χ1) is 17.9. The van der Waals surface area contributed by atoms with Crippen LogP contribution in [0.4, 0.5) is 11.4 Å². The van der Waals surface area contributed by atoms with E-state index in [9.17, 15) is 9.59 Å². The molecule has 0 saturated heterocycles. The molecule has 0 radical (unpaired) electrons. The lowest BCUT2D eigenvalue weighted by molar-refractivity contribution is -0.121. The second-order valence-corrected chi connectivity index (χ2v) is 8.48. The molecule has 37 heavy (non-hydrogen) atoms. The molecular formula is C27H27ClN2O7. The van der Waals surface area contributed by atoms with Gasteiger partial charge in [0.05, 0.1) is 33.6 Å². The molecule has 1 aliphatic heterocycles. The minimum Gasteiger partial charge on any atom is -0.494 e. The van der Waals surface area contributed by atoms with Gasteiger partial charge in [-0.25, -0.2) is 0 Å². The number of methoxy groups -OCH3 is 3. The lowest BCUT2D eigenvalue weighted by Crippen LogP contribution is -2.39. The summed E-state index contributed by atoms with van der Waals surface area (Å²) in [7, 11) is 4.45. The molecule has 0 saturated carbocycles. The SMILES string of the molecule is COc1cc(C(=O)Nc2ccc3c(c2)N(CCCOc2ccc(Cl)cc2)C(=O)CO3)cc(OC)c1OC. The van der Waals surface area contributed by atoms with Gasteiger partial charge in [-0.2, -0.15) is 0 Å². The summed E-state index contributed by atoms with van der Waals surface area (Å²) in [6.45, 7) is 0.786. The van der Waals surface area contributed by atoms with Crippen molar-refractivity contribution in [2.45, 2.75) is 6.42 Å². The molecule has 194 valence electrons. The highest BCUT2D eigenvalue weighted by Crippen LogP contribution is 2.39. The molecule has 0 atom stereocenters. The molecule has 0 aliphatic carbocycles. The van der Waals surface area contributed by atoms with Crippen LogP contribution < -0.4 is 33.9 Å². The van der Waals surface area contributed by atoms with Gasteiger partial charge in [-0.15, -0.1) is 0 Å². The van der Waals surface area contributed by atoms with E-state index >= 15 is 0 Å². The summed E-state index contributed by atoms with van der Waals surface area (Å²) in [4.78, 5) is 27.3. The molecular weight excluding hydrogens is 500 g/mol. The molecule has 2 amide bonds. The third kappa shape index (κ3) is 6.00. The van der Waals surface area contributed by atoms with E-state index < -0.39 is 0 Å². The Labute approximate surface area is 219 Å². The van der Waals surface area contributed by atoms with E-state index in [2.05, 4.69) is 5.32 Å². The molecule has 0 spiro atoms. The van der Waals surface area contributed by atoms with Crippen LogP contribution in [-0.4, -0.2) is 52.9 Å². The van der Waals surface area contributed by atoms with Gasteiger partial charge in [-0.1, -0.05) is 11.6 Å². The summed E-state index contributed by atoms with van der Waals surface area (Å²) < 4.78 is 27.3. The largest absolute Gasteiger partial charge is 0.494 e. The van der Waals surface area contributed by atoms with Crippen molar-refractivity contribution in [3.8, 4) is 28.7 Å². The molecule has 3 aromatic carbocycles. The third-order valence-electron chi connectivity index (χ3n) is 5.70. The number of hydrogen-bond acceptors (Lipinski definition) is 7. The van der Waals surface area contributed by atoms with Crippen LogP contribution in [0.15, 0.2) is 54.6 Å². The van der Waals surface area contributed by atoms with Crippen LogP contribution in [0.5, 0.6) is 28.7 Å². The smallest absolute Gasteiger partial charge is 0.265 e. The first kappa shape index (κ1) is 26.0. The standard InChI is InChI=1S/C27H27ClN2O7/c1-33-23-13-17(14-24(34-2)26(23)35-3)27(32)29-19-7-10-22-21(15-19)30(25(31)16-37-22)11-4-12-36-20-8-5-18(28)6-9-20/h5-10,13-15H,4,11-12,16H2,1-3H3,(H,29,32). The van der Waals surface area contributed by atoms with E-state index in [1.54, 1.807) is 59.5 Å². The summed E-state index contributed by atoms with van der Waals surface area (Å²) in [6.07, 6.45) is 0.593. The average Bonchev–Trinajstić information content (AvgIpc) is 2.92. The van der Waals surface area contributed by atoms with E-state index in [1.165, 1.54) is 21.3 Å². The van der Waals surface area contributed by atoms with Crippen molar-refractivity contribution in [2.24, 2.45) is 0 Å². The minimum absolute atomic E-state index is 0.0534. The Morgan fingerprint density at radius 3 is 2.35 bits per heavy atom. The number of halogens is 1. The predicted octanol–water partition coefficient (Wildman–Crippen LogP) is 4.81. The maximum atomic E-state index is 13.0. The number of rotatable bonds is 10. The van der Waals surface area contributed by atoms with Crippen LogP contribution in [0.1, 0.15) is 16.8 Å². The zero-order valence-corrected chi connectivity index (χ0v) is 21.5. The van der Waals surface area contributed by atoms with Gasteiger partial charge in [0.2, 0.25) is 5.75 Å². The van der Waals surface area contributed by atoms with Crippen molar-refractivity contribution in [3.05, 3.63) is 65.2 Å². The van der Waals surface area contributed by atoms with Crippen LogP contribution in [-0.2, 0) is 4.79 Å². The second kappa shape index (κ2) is 11.7. The van der Waals surface area contributed by atoms with Gasteiger partial charge < -0.3 is 33.9 Å². The van der Waals surface area contributed by atoms with E-state index in [4.69, 9.17) is 35.3 Å². The second-order valence-electron chi connectivity index (χ2n) is 8.04. The van der Waals surface area contributed by atoms with Crippen LogP contribution in [0, 0.1) is 0 Å². The number of ether oxygens (including phenoxy) is 5. The number of nitrogens with zero attached hydrogens (tertiary/aromatic N) is 1. The van der Waals surface area contributed by atoms with Crippen LogP contribution in [0.3, 0.4) is 0 Å². The zero-order valence-electron chi connectivity index (χ0n) is 20.7. The number of amides is 2. The predicted molar refractivity (Wildman–Crippen MR) is 140 cm³/mol. The van der Waals surface area contributed by atoms with Gasteiger partial charge in [0.15, 0.2) is 18.1 Å². The topological polar surface area (TPSA) is 95.6 Å². The third-order valence-corrected chi connectivity index (χ3v) is 5.95. The summed E-state index contributed by atoms with van der Waals surface area (Å²) in [5.41, 5.74) is 1.39. The zero-order chi connectivity index (χ0) is 26.4. The highest BCUT2D eigenvalue weighted by Gasteiger charge is 2.26. The minimum atomic E-state index is -0.384. The first-order valence-electron chi connectivity index (χ1n) is 11.5. The number of nitrogens with one attached hydrogen (secondary N) is 1. The molecule has 0 fully saturated rings. The molecule has 0 bridgehead atoms. The molecule has 0 aromatic heterocycles. The fourth-order valence-electron chi connectivity index (χ4n) is 3.88. The number of hydrogen-bond donors (Lipinski definition) is 1. The van der Waals surface area contributed by atoms with Gasteiger partial charge in [-0.3, -0.25) is 9.59 Å². The molecule has 1 heterocycles. The Hall–Kier alpha value is -4.11. The Bertz CT molecular complexity index is 1260. The Balaban J connectivity index is 1.46. The lowest BCUT2D eigenvalue weighted by Gasteiger charge is -2.30. The summed E-state index contributed by atoms with van der Waals surface area (Å²) in [5.74, 6) is 1.82. The van der Waals surface area contributed by atoms with E-state index in [0.717, 1.165) is 0 Å². The molecule has 1 N–H and O–H groups in total. The summed E-state index contributed by atoms with van der Waals surface area (Å²) in [5, 5.41) is 3.49. The van der Waals surface area contributed by atoms with E-state index in [-0.39, 0.29) is 18.4 Å². The van der Waals surface area contributed by atoms with E-state index in [1.807, 2.05) is 0 Å². The maximum absolute atomic E-state index is 13.0. The quantitative estimate of drug-likeness (QED) is 0.379. The number of carbonyl (C=O) groups excluding carboxylic acids is 2. The van der Waals surface area contributed by atoms with Gasteiger partial charge in [0.1, 0.15) is 11.5 Å². The molecule has 9 nitrogen and oxygen atoms in total. The number of anilines is 2. The normalized spacial score (nSPS) is 12.3. The number of carbonyl (C=O) groups is 2. The van der Waals surface area contributed by atoms with Crippen molar-refractivity contribution in [1.29, 1.82) is 0 Å². The van der Waals surface area contributed by atoms with Crippen LogP contribution in [0.25, 0.3) is 0 Å². The van der Waals surface area contributed by atoms with Gasteiger partial charge >= 0.3 is 0 Å². The van der Waals surface area contributed by atoms with Gasteiger partial charge in [-0.05, 0) is 61.0 Å². The van der Waals surface area contributed by atoms with Crippen LogP contribution >= 0.6 is 11.6 Å². The highest BCUT2D eigenvalue weighted by molar-refractivity contribution is 6.30. The molecule has 0 unspecified atom stereocenters. The summed E-state index contributed by atoms with van der Waals surface area (Å²) in [6, 6.07) is 15.4. The number of fused-ring (bicyclic) bond motifs is 1.